The summed E-state index contributed by atoms with van der Waals surface area (Å²) in [7, 11) is 0. The fraction of sp³-hybridized carbons (Fsp3) is 0.300. The van der Waals surface area contributed by atoms with Gasteiger partial charge in [-0.3, -0.25) is 4.79 Å². The highest BCUT2D eigenvalue weighted by Crippen LogP contribution is 2.25. The van der Waals surface area contributed by atoms with E-state index in [0.717, 1.165) is 0 Å². The Morgan fingerprint density at radius 1 is 1.57 bits per heavy atom. The molecule has 1 atom stereocenters. The van der Waals surface area contributed by atoms with Gasteiger partial charge in [0.05, 0.1) is 4.47 Å². The van der Waals surface area contributed by atoms with Gasteiger partial charge < -0.3 is 4.74 Å². The van der Waals surface area contributed by atoms with Gasteiger partial charge in [0, 0.05) is 12.5 Å². The van der Waals surface area contributed by atoms with Crippen molar-refractivity contribution >= 4 is 21.9 Å². The summed E-state index contributed by atoms with van der Waals surface area (Å²) in [5.41, 5.74) is 0.370. The molecule has 0 spiro atoms. The Bertz CT molecular complexity index is 352. The van der Waals surface area contributed by atoms with E-state index in [2.05, 4.69) is 15.9 Å². The van der Waals surface area contributed by atoms with Gasteiger partial charge in [-0.1, -0.05) is 12.1 Å². The van der Waals surface area contributed by atoms with E-state index in [1.165, 1.54) is 6.92 Å². The van der Waals surface area contributed by atoms with Crippen molar-refractivity contribution in [1.82, 2.24) is 0 Å². The number of hydrogen-bond acceptors (Lipinski definition) is 2. The number of esters is 1. The molecule has 1 rings (SSSR count). The summed E-state index contributed by atoms with van der Waals surface area (Å²) in [4.78, 5) is 10.7. The monoisotopic (exact) mass is 260 g/mol. The van der Waals surface area contributed by atoms with Crippen LogP contribution in [0.25, 0.3) is 0 Å². The third-order valence-electron chi connectivity index (χ3n) is 1.76. The van der Waals surface area contributed by atoms with Crippen molar-refractivity contribution in [1.29, 1.82) is 0 Å². The number of halogens is 2. The number of benzene rings is 1. The Hall–Kier alpha value is -0.900. The Balaban J connectivity index is 2.95. The van der Waals surface area contributed by atoms with E-state index in [9.17, 15) is 9.18 Å². The molecule has 0 aromatic heterocycles. The highest BCUT2D eigenvalue weighted by Gasteiger charge is 2.14. The van der Waals surface area contributed by atoms with Crippen LogP contribution in [0.5, 0.6) is 0 Å². The van der Waals surface area contributed by atoms with Crippen LogP contribution in [0.3, 0.4) is 0 Å². The van der Waals surface area contributed by atoms with E-state index in [1.807, 2.05) is 0 Å². The van der Waals surface area contributed by atoms with Crippen LogP contribution in [-0.4, -0.2) is 5.97 Å². The maximum atomic E-state index is 13.5. The van der Waals surface area contributed by atoms with Crippen LogP contribution in [-0.2, 0) is 9.53 Å². The maximum absolute atomic E-state index is 13.5. The van der Waals surface area contributed by atoms with E-state index in [-0.39, 0.29) is 5.82 Å². The minimum Gasteiger partial charge on any atom is -0.458 e. The number of ether oxygens (including phenoxy) is 1. The second-order valence-corrected chi connectivity index (χ2v) is 3.75. The lowest BCUT2D eigenvalue weighted by atomic mass is 10.1. The van der Waals surface area contributed by atoms with Crippen LogP contribution in [0, 0.1) is 5.82 Å². The van der Waals surface area contributed by atoms with Gasteiger partial charge in [0.15, 0.2) is 0 Å². The van der Waals surface area contributed by atoms with E-state index >= 15 is 0 Å². The first-order chi connectivity index (χ1) is 6.52. The SMILES string of the molecule is CC(=O)OC(C)c1cccc(Br)c1F. The van der Waals surface area contributed by atoms with Gasteiger partial charge in [0.2, 0.25) is 0 Å². The minimum atomic E-state index is -0.565. The Labute approximate surface area is 90.2 Å². The predicted molar refractivity (Wildman–Crippen MR) is 54.3 cm³/mol. The summed E-state index contributed by atoms with van der Waals surface area (Å²) in [6.45, 7) is 2.93. The average molecular weight is 261 g/mol. The summed E-state index contributed by atoms with van der Waals surface area (Å²) in [5, 5.41) is 0. The molecule has 0 bridgehead atoms. The number of rotatable bonds is 2. The molecular formula is C10H10BrFO2. The van der Waals surface area contributed by atoms with Gasteiger partial charge in [-0.25, -0.2) is 4.39 Å². The number of hydrogen-bond donors (Lipinski definition) is 0. The summed E-state index contributed by atoms with van der Waals surface area (Å²) in [6.07, 6.45) is -0.565. The molecule has 0 amide bonds. The van der Waals surface area contributed by atoms with E-state index in [1.54, 1.807) is 25.1 Å². The van der Waals surface area contributed by atoms with Gasteiger partial charge in [-0.2, -0.15) is 0 Å². The van der Waals surface area contributed by atoms with E-state index in [4.69, 9.17) is 4.74 Å². The smallest absolute Gasteiger partial charge is 0.303 e. The fourth-order valence-electron chi connectivity index (χ4n) is 1.15. The lowest BCUT2D eigenvalue weighted by molar-refractivity contribution is -0.145. The molecule has 4 heteroatoms. The summed E-state index contributed by atoms with van der Waals surface area (Å²) in [6, 6.07) is 4.88. The minimum absolute atomic E-state index is 0.369. The fourth-order valence-corrected chi connectivity index (χ4v) is 1.53. The predicted octanol–water partition coefficient (Wildman–Crippen LogP) is 3.21. The number of carbonyl (C=O) groups excluding carboxylic acids is 1. The Morgan fingerprint density at radius 3 is 2.79 bits per heavy atom. The van der Waals surface area contributed by atoms with Gasteiger partial charge in [0.1, 0.15) is 11.9 Å². The van der Waals surface area contributed by atoms with Crippen molar-refractivity contribution < 1.29 is 13.9 Å². The molecule has 1 aromatic carbocycles. The molecule has 0 saturated heterocycles. The van der Waals surface area contributed by atoms with Gasteiger partial charge in [-0.05, 0) is 28.9 Å². The summed E-state index contributed by atoms with van der Waals surface area (Å²) < 4.78 is 18.7. The van der Waals surface area contributed by atoms with Crippen molar-refractivity contribution in [3.05, 3.63) is 34.1 Å². The normalized spacial score (nSPS) is 12.3. The largest absolute Gasteiger partial charge is 0.458 e. The highest BCUT2D eigenvalue weighted by molar-refractivity contribution is 9.10. The summed E-state index contributed by atoms with van der Waals surface area (Å²) >= 11 is 3.07. The van der Waals surface area contributed by atoms with Crippen molar-refractivity contribution in [3.8, 4) is 0 Å². The Morgan fingerprint density at radius 2 is 2.21 bits per heavy atom. The molecule has 0 N–H and O–H groups in total. The Kier molecular flexibility index (Phi) is 3.63. The average Bonchev–Trinajstić information content (AvgIpc) is 2.08. The van der Waals surface area contributed by atoms with E-state index < -0.39 is 12.1 Å². The summed E-state index contributed by atoms with van der Waals surface area (Å²) in [5.74, 6) is -0.807. The molecule has 1 aromatic rings. The van der Waals surface area contributed by atoms with Crippen LogP contribution in [0.2, 0.25) is 0 Å². The third kappa shape index (κ3) is 2.54. The molecule has 0 aliphatic carbocycles. The molecule has 0 heterocycles. The van der Waals surface area contributed by atoms with Gasteiger partial charge in [0.25, 0.3) is 0 Å². The third-order valence-corrected chi connectivity index (χ3v) is 2.37. The highest BCUT2D eigenvalue weighted by atomic mass is 79.9. The zero-order valence-corrected chi connectivity index (χ0v) is 9.47. The van der Waals surface area contributed by atoms with Crippen molar-refractivity contribution in [3.63, 3.8) is 0 Å². The van der Waals surface area contributed by atoms with Crippen LogP contribution in [0.4, 0.5) is 4.39 Å². The first-order valence-corrected chi connectivity index (χ1v) is 4.92. The molecule has 0 aliphatic heterocycles. The van der Waals surface area contributed by atoms with Crippen molar-refractivity contribution in [2.75, 3.05) is 0 Å². The lowest BCUT2D eigenvalue weighted by Crippen LogP contribution is -2.06. The zero-order chi connectivity index (χ0) is 10.7. The second kappa shape index (κ2) is 4.55. The molecule has 0 fully saturated rings. The van der Waals surface area contributed by atoms with Crippen LogP contribution < -0.4 is 0 Å². The van der Waals surface area contributed by atoms with Crippen molar-refractivity contribution in [2.24, 2.45) is 0 Å². The maximum Gasteiger partial charge on any atom is 0.303 e. The molecule has 0 aliphatic rings. The molecule has 1 unspecified atom stereocenters. The quantitative estimate of drug-likeness (QED) is 0.764. The van der Waals surface area contributed by atoms with Crippen LogP contribution in [0.1, 0.15) is 25.5 Å². The van der Waals surface area contributed by atoms with Crippen LogP contribution in [0.15, 0.2) is 22.7 Å². The topological polar surface area (TPSA) is 26.3 Å². The number of carbonyl (C=O) groups is 1. The van der Waals surface area contributed by atoms with Crippen molar-refractivity contribution in [2.45, 2.75) is 20.0 Å². The molecule has 0 saturated carbocycles. The second-order valence-electron chi connectivity index (χ2n) is 2.89. The molecule has 0 radical (unpaired) electrons. The van der Waals surface area contributed by atoms with Crippen LogP contribution >= 0.6 is 15.9 Å². The molecule has 14 heavy (non-hydrogen) atoms. The standard InChI is InChI=1S/C10H10BrFO2/c1-6(14-7(2)13)8-4-3-5-9(11)10(8)12/h3-6H,1-2H3. The molecule has 76 valence electrons. The lowest BCUT2D eigenvalue weighted by Gasteiger charge is -2.13. The van der Waals surface area contributed by atoms with Gasteiger partial charge in [-0.15, -0.1) is 0 Å². The first-order valence-electron chi connectivity index (χ1n) is 4.13. The zero-order valence-electron chi connectivity index (χ0n) is 7.88. The van der Waals surface area contributed by atoms with E-state index in [0.29, 0.717) is 10.0 Å². The molecule has 2 nitrogen and oxygen atoms in total. The first kappa shape index (κ1) is 11.2. The van der Waals surface area contributed by atoms with Gasteiger partial charge >= 0.3 is 5.97 Å². The molecular weight excluding hydrogens is 251 g/mol.